The first kappa shape index (κ1) is 11.2. The van der Waals surface area contributed by atoms with Gasteiger partial charge in [-0.25, -0.2) is 8.78 Å². The number of alkyl halides is 2. The normalized spacial score (nSPS) is 10.7. The van der Waals surface area contributed by atoms with E-state index in [4.69, 9.17) is 5.73 Å². The zero-order valence-electron chi connectivity index (χ0n) is 7.37. The van der Waals surface area contributed by atoms with Crippen LogP contribution in [0.15, 0.2) is 10.9 Å². The second-order valence-electron chi connectivity index (χ2n) is 2.68. The molecule has 1 aromatic heterocycles. The van der Waals surface area contributed by atoms with Crippen molar-refractivity contribution in [1.29, 1.82) is 0 Å². The monoisotopic (exact) mass is 219 g/mol. The van der Waals surface area contributed by atoms with E-state index in [1.807, 2.05) is 0 Å². The van der Waals surface area contributed by atoms with E-state index in [1.54, 1.807) is 0 Å². The first-order valence-electron chi connectivity index (χ1n) is 3.86. The van der Waals surface area contributed by atoms with Gasteiger partial charge in [0.15, 0.2) is 0 Å². The first-order valence-corrected chi connectivity index (χ1v) is 3.86. The summed E-state index contributed by atoms with van der Waals surface area (Å²) in [6.07, 6.45) is -2.90. The number of hydrogen-bond acceptors (Lipinski definition) is 4. The van der Waals surface area contributed by atoms with E-state index in [-0.39, 0.29) is 12.2 Å². The van der Waals surface area contributed by atoms with Crippen LogP contribution in [0.4, 0.5) is 14.5 Å². The quantitative estimate of drug-likeness (QED) is 0.576. The average Bonchev–Trinajstić information content (AvgIpc) is 2.15. The van der Waals surface area contributed by atoms with Crippen LogP contribution in [-0.2, 0) is 6.54 Å². The fourth-order valence-corrected chi connectivity index (χ4v) is 1.09. The molecule has 0 fully saturated rings. The lowest BCUT2D eigenvalue weighted by atomic mass is 10.2. The minimum absolute atomic E-state index is 0.303. The highest BCUT2D eigenvalue weighted by molar-refractivity contribution is 5.36. The average molecular weight is 219 g/mol. The Balaban J connectivity index is 3.44. The number of aromatic amines is 1. The van der Waals surface area contributed by atoms with Gasteiger partial charge in [-0.3, -0.25) is 14.9 Å². The zero-order chi connectivity index (χ0) is 11.6. The van der Waals surface area contributed by atoms with Crippen LogP contribution in [0.25, 0.3) is 0 Å². The molecule has 0 amide bonds. The van der Waals surface area contributed by atoms with Crippen molar-refractivity contribution in [3.05, 3.63) is 37.8 Å². The van der Waals surface area contributed by atoms with Crippen LogP contribution in [-0.4, -0.2) is 9.91 Å². The molecule has 1 aromatic rings. The Hall–Kier alpha value is -1.83. The molecule has 0 bridgehead atoms. The van der Waals surface area contributed by atoms with Gasteiger partial charge in [-0.2, -0.15) is 0 Å². The van der Waals surface area contributed by atoms with Crippen molar-refractivity contribution in [2.45, 2.75) is 13.0 Å². The van der Waals surface area contributed by atoms with Gasteiger partial charge >= 0.3 is 5.69 Å². The van der Waals surface area contributed by atoms with Gasteiger partial charge in [0.05, 0.1) is 10.6 Å². The van der Waals surface area contributed by atoms with Gasteiger partial charge in [-0.1, -0.05) is 0 Å². The second-order valence-corrected chi connectivity index (χ2v) is 2.68. The third kappa shape index (κ3) is 2.15. The number of aromatic nitrogens is 1. The SMILES string of the molecule is NCc1[nH]c(C(F)F)cc(=O)c1[N+](=O)[O-]. The minimum atomic E-state index is -2.90. The highest BCUT2D eigenvalue weighted by Gasteiger charge is 2.21. The summed E-state index contributed by atoms with van der Waals surface area (Å²) in [4.78, 5) is 22.7. The fourth-order valence-electron chi connectivity index (χ4n) is 1.09. The Kier molecular flexibility index (Phi) is 3.10. The number of rotatable bonds is 3. The van der Waals surface area contributed by atoms with Crippen molar-refractivity contribution < 1.29 is 13.7 Å². The van der Waals surface area contributed by atoms with E-state index in [2.05, 4.69) is 4.98 Å². The highest BCUT2D eigenvalue weighted by Crippen LogP contribution is 2.18. The smallest absolute Gasteiger partial charge is 0.336 e. The number of H-pyrrole nitrogens is 1. The van der Waals surface area contributed by atoms with Gasteiger partial charge in [-0.05, 0) is 0 Å². The third-order valence-corrected chi connectivity index (χ3v) is 1.72. The largest absolute Gasteiger partial charge is 0.351 e. The molecular formula is C7H7F2N3O3. The third-order valence-electron chi connectivity index (χ3n) is 1.72. The van der Waals surface area contributed by atoms with Crippen molar-refractivity contribution >= 4 is 5.69 Å². The van der Waals surface area contributed by atoms with E-state index in [0.29, 0.717) is 6.07 Å². The number of nitrogens with two attached hydrogens (primary N) is 1. The summed E-state index contributed by atoms with van der Waals surface area (Å²) in [7, 11) is 0. The lowest BCUT2D eigenvalue weighted by Gasteiger charge is -2.03. The van der Waals surface area contributed by atoms with E-state index in [1.165, 1.54) is 0 Å². The molecule has 0 saturated heterocycles. The topological polar surface area (TPSA) is 102 Å². The molecule has 0 saturated carbocycles. The molecule has 1 rings (SSSR count). The Morgan fingerprint density at radius 2 is 2.20 bits per heavy atom. The number of nitrogens with one attached hydrogen (secondary N) is 1. The molecule has 82 valence electrons. The maximum Gasteiger partial charge on any atom is 0.336 e. The lowest BCUT2D eigenvalue weighted by molar-refractivity contribution is -0.387. The van der Waals surface area contributed by atoms with Gasteiger partial charge < -0.3 is 10.7 Å². The molecule has 3 N–H and O–H groups in total. The molecule has 0 radical (unpaired) electrons. The Labute approximate surface area is 81.9 Å². The maximum absolute atomic E-state index is 12.2. The van der Waals surface area contributed by atoms with E-state index in [9.17, 15) is 23.7 Å². The van der Waals surface area contributed by atoms with Crippen LogP contribution in [0.1, 0.15) is 17.8 Å². The molecule has 0 spiro atoms. The van der Waals surface area contributed by atoms with Crippen LogP contribution in [0.2, 0.25) is 0 Å². The molecule has 0 unspecified atom stereocenters. The van der Waals surface area contributed by atoms with Crippen molar-refractivity contribution in [3.63, 3.8) is 0 Å². The molecular weight excluding hydrogens is 212 g/mol. The molecule has 6 nitrogen and oxygen atoms in total. The van der Waals surface area contributed by atoms with Gasteiger partial charge in [-0.15, -0.1) is 0 Å². The summed E-state index contributed by atoms with van der Waals surface area (Å²) in [5.74, 6) is 0. The number of nitrogens with zero attached hydrogens (tertiary/aromatic N) is 1. The van der Waals surface area contributed by atoms with Crippen LogP contribution >= 0.6 is 0 Å². The Bertz CT molecular complexity index is 444. The first-order chi connectivity index (χ1) is 6.97. The molecule has 0 aliphatic heterocycles. The standard InChI is InChI=1S/C7H7F2N3O3/c8-7(9)3-1-5(13)6(12(14)15)4(2-10)11-3/h1,7H,2,10H2,(H,11,13). The molecule has 0 aliphatic carbocycles. The lowest BCUT2D eigenvalue weighted by Crippen LogP contribution is -2.16. The van der Waals surface area contributed by atoms with Crippen molar-refractivity contribution in [2.75, 3.05) is 0 Å². The van der Waals surface area contributed by atoms with Crippen molar-refractivity contribution in [1.82, 2.24) is 4.98 Å². The van der Waals surface area contributed by atoms with Gasteiger partial charge in [0.25, 0.3) is 11.9 Å². The van der Waals surface area contributed by atoms with Gasteiger partial charge in [0.2, 0.25) is 0 Å². The summed E-state index contributed by atoms with van der Waals surface area (Å²) in [5, 5.41) is 10.4. The van der Waals surface area contributed by atoms with Crippen molar-refractivity contribution in [3.8, 4) is 0 Å². The molecule has 15 heavy (non-hydrogen) atoms. The summed E-state index contributed by atoms with van der Waals surface area (Å²) < 4.78 is 24.4. The molecule has 8 heteroatoms. The van der Waals surface area contributed by atoms with Gasteiger partial charge in [0, 0.05) is 12.6 Å². The molecule has 0 aromatic carbocycles. The van der Waals surface area contributed by atoms with E-state index < -0.39 is 28.2 Å². The van der Waals surface area contributed by atoms with Crippen LogP contribution in [0.5, 0.6) is 0 Å². The summed E-state index contributed by atoms with van der Waals surface area (Å²) >= 11 is 0. The predicted molar refractivity (Wildman–Crippen MR) is 46.6 cm³/mol. The number of nitro groups is 1. The summed E-state index contributed by atoms with van der Waals surface area (Å²) in [6.45, 7) is -0.383. The molecule has 0 aliphatic rings. The summed E-state index contributed by atoms with van der Waals surface area (Å²) in [5.41, 5.74) is 2.26. The van der Waals surface area contributed by atoms with Gasteiger partial charge in [0.1, 0.15) is 5.69 Å². The predicted octanol–water partition coefficient (Wildman–Crippen LogP) is 0.679. The summed E-state index contributed by atoms with van der Waals surface area (Å²) in [6, 6.07) is 0.502. The minimum Gasteiger partial charge on any atom is -0.351 e. The fraction of sp³-hybridized carbons (Fsp3) is 0.286. The Morgan fingerprint density at radius 3 is 2.60 bits per heavy atom. The van der Waals surface area contributed by atoms with E-state index >= 15 is 0 Å². The maximum atomic E-state index is 12.2. The number of pyridine rings is 1. The molecule has 0 atom stereocenters. The van der Waals surface area contributed by atoms with Crippen LogP contribution < -0.4 is 11.2 Å². The van der Waals surface area contributed by atoms with E-state index in [0.717, 1.165) is 0 Å². The Morgan fingerprint density at radius 1 is 1.60 bits per heavy atom. The van der Waals surface area contributed by atoms with Crippen LogP contribution in [0.3, 0.4) is 0 Å². The van der Waals surface area contributed by atoms with Crippen LogP contribution in [0, 0.1) is 10.1 Å². The highest BCUT2D eigenvalue weighted by atomic mass is 19.3. The number of hydrogen-bond donors (Lipinski definition) is 2. The zero-order valence-corrected chi connectivity index (χ0v) is 7.37. The van der Waals surface area contributed by atoms with Crippen molar-refractivity contribution in [2.24, 2.45) is 5.73 Å². The molecule has 1 heterocycles. The second kappa shape index (κ2) is 4.13. The number of halogens is 2.